The number of hydrogen-bond donors (Lipinski definition) is 0. The van der Waals surface area contributed by atoms with Crippen LogP contribution in [0.2, 0.25) is 0 Å². The molecule has 0 aliphatic carbocycles. The van der Waals surface area contributed by atoms with E-state index in [2.05, 4.69) is 135 Å². The summed E-state index contributed by atoms with van der Waals surface area (Å²) in [5.74, 6) is 1.48. The van der Waals surface area contributed by atoms with Gasteiger partial charge in [0.05, 0.1) is 50.8 Å². The summed E-state index contributed by atoms with van der Waals surface area (Å²) in [6, 6.07) is 74.5. The lowest BCUT2D eigenvalue weighted by Gasteiger charge is -2.24. The largest absolute Gasteiger partial charge is 0.455 e. The quantitative estimate of drug-likeness (QED) is 0.155. The van der Waals surface area contributed by atoms with Gasteiger partial charge in [-0.1, -0.05) is 164 Å². The second-order valence-electron chi connectivity index (χ2n) is 18.1. The Morgan fingerprint density at radius 2 is 0.778 bits per heavy atom. The van der Waals surface area contributed by atoms with E-state index in [1.807, 2.05) is 97.1 Å². The number of nitrogens with zero attached hydrogens (tertiary/aromatic N) is 6. The van der Waals surface area contributed by atoms with Crippen LogP contribution in [0.4, 0.5) is 5.69 Å². The van der Waals surface area contributed by atoms with Gasteiger partial charge in [-0.2, -0.15) is 0 Å². The zero-order valence-corrected chi connectivity index (χ0v) is 38.3. The maximum atomic E-state index is 9.33. The van der Waals surface area contributed by atoms with E-state index in [9.17, 15) is 6.57 Å². The average molecular weight is 921 g/mol. The van der Waals surface area contributed by atoms with Gasteiger partial charge < -0.3 is 18.0 Å². The molecule has 15 aromatic rings. The van der Waals surface area contributed by atoms with Crippen LogP contribution in [0.25, 0.3) is 149 Å². The summed E-state index contributed by atoms with van der Waals surface area (Å²) in [7, 11) is 0. The van der Waals surface area contributed by atoms with Gasteiger partial charge in [-0.15, -0.1) is 0 Å². The second kappa shape index (κ2) is 15.5. The number of rotatable bonds is 6. The molecule has 334 valence electrons. The van der Waals surface area contributed by atoms with Crippen LogP contribution in [-0.4, -0.2) is 24.1 Å². The summed E-state index contributed by atoms with van der Waals surface area (Å²) in [5.41, 5.74) is 12.9. The van der Waals surface area contributed by atoms with E-state index in [4.69, 9.17) is 23.8 Å². The molecule has 0 saturated carbocycles. The zero-order chi connectivity index (χ0) is 47.4. The van der Waals surface area contributed by atoms with Crippen molar-refractivity contribution in [1.29, 1.82) is 0 Å². The van der Waals surface area contributed by atoms with Crippen LogP contribution in [0.3, 0.4) is 0 Å². The number of furan rings is 2. The highest BCUT2D eigenvalue weighted by atomic mass is 16.3. The number of fused-ring (bicyclic) bond motifs is 14. The Balaban J connectivity index is 1.17. The monoisotopic (exact) mass is 920 g/mol. The number of benzene rings is 10. The van der Waals surface area contributed by atoms with Crippen molar-refractivity contribution in [1.82, 2.24) is 24.1 Å². The van der Waals surface area contributed by atoms with Crippen LogP contribution in [-0.2, 0) is 0 Å². The third-order valence-corrected chi connectivity index (χ3v) is 14.2. The fourth-order valence-electron chi connectivity index (χ4n) is 11.1. The van der Waals surface area contributed by atoms with Gasteiger partial charge in [0.2, 0.25) is 5.69 Å². The minimum atomic E-state index is 0.408. The summed E-state index contributed by atoms with van der Waals surface area (Å²) in [6.45, 7) is 9.33. The van der Waals surface area contributed by atoms with E-state index in [0.717, 1.165) is 115 Å². The first kappa shape index (κ1) is 39.9. The van der Waals surface area contributed by atoms with Gasteiger partial charge in [0.25, 0.3) is 0 Å². The normalized spacial score (nSPS) is 11.9. The van der Waals surface area contributed by atoms with Crippen LogP contribution in [0, 0.1) is 6.57 Å². The second-order valence-corrected chi connectivity index (χ2v) is 18.1. The summed E-state index contributed by atoms with van der Waals surface area (Å²) in [5, 5.41) is 8.13. The molecule has 10 aromatic carbocycles. The number of para-hydroxylation sites is 4. The van der Waals surface area contributed by atoms with Crippen molar-refractivity contribution in [2.75, 3.05) is 0 Å². The molecule has 0 saturated heterocycles. The first-order valence-electron chi connectivity index (χ1n) is 23.9. The Hall–Kier alpha value is -10.1. The molecule has 8 nitrogen and oxygen atoms in total. The van der Waals surface area contributed by atoms with Gasteiger partial charge in [0.15, 0.2) is 17.5 Å². The highest BCUT2D eigenvalue weighted by Gasteiger charge is 2.31. The molecule has 8 heteroatoms. The summed E-state index contributed by atoms with van der Waals surface area (Å²) in [6.07, 6.45) is 0. The van der Waals surface area contributed by atoms with Crippen molar-refractivity contribution in [3.8, 4) is 56.7 Å². The summed E-state index contributed by atoms with van der Waals surface area (Å²) in [4.78, 5) is 20.3. The Morgan fingerprint density at radius 1 is 0.361 bits per heavy atom. The maximum absolute atomic E-state index is 9.33. The van der Waals surface area contributed by atoms with E-state index in [1.54, 1.807) is 0 Å². The molecule has 0 radical (unpaired) electrons. The van der Waals surface area contributed by atoms with Crippen LogP contribution in [0.15, 0.2) is 227 Å². The Morgan fingerprint density at radius 3 is 1.28 bits per heavy atom. The third-order valence-electron chi connectivity index (χ3n) is 14.2. The van der Waals surface area contributed by atoms with Gasteiger partial charge in [0, 0.05) is 54.6 Å². The van der Waals surface area contributed by atoms with Crippen molar-refractivity contribution in [3.63, 3.8) is 0 Å². The predicted octanol–water partition coefficient (Wildman–Crippen LogP) is 17.1. The van der Waals surface area contributed by atoms with Gasteiger partial charge in [-0.25, -0.2) is 19.8 Å². The van der Waals surface area contributed by atoms with Crippen LogP contribution >= 0.6 is 0 Å². The molecule has 0 fully saturated rings. The molecule has 15 rings (SSSR count). The number of aromatic nitrogens is 5. The van der Waals surface area contributed by atoms with Crippen LogP contribution in [0.5, 0.6) is 0 Å². The average Bonchev–Trinajstić information content (AvgIpc) is 4.21. The van der Waals surface area contributed by atoms with E-state index in [1.165, 1.54) is 0 Å². The van der Waals surface area contributed by atoms with Gasteiger partial charge in [-0.3, -0.25) is 0 Å². The van der Waals surface area contributed by atoms with Gasteiger partial charge in [-0.05, 0) is 60.2 Å². The van der Waals surface area contributed by atoms with E-state index >= 15 is 0 Å². The lowest BCUT2D eigenvalue weighted by Crippen LogP contribution is -2.09. The number of hydrogen-bond acceptors (Lipinski definition) is 5. The molecule has 0 aliphatic heterocycles. The molecule has 0 unspecified atom stereocenters. The molecule has 0 bridgehead atoms. The molecule has 72 heavy (non-hydrogen) atoms. The smallest absolute Gasteiger partial charge is 0.213 e. The van der Waals surface area contributed by atoms with Crippen LogP contribution in [0.1, 0.15) is 0 Å². The van der Waals surface area contributed by atoms with Crippen molar-refractivity contribution >= 4 is 93.2 Å². The first-order chi connectivity index (χ1) is 35.7. The molecule has 5 heterocycles. The van der Waals surface area contributed by atoms with Crippen molar-refractivity contribution in [3.05, 3.63) is 230 Å². The molecule has 0 amide bonds. The Kier molecular flexibility index (Phi) is 8.55. The molecule has 0 N–H and O–H groups in total. The van der Waals surface area contributed by atoms with Crippen molar-refractivity contribution < 1.29 is 8.83 Å². The fraction of sp³-hybridized carbons (Fsp3) is 0. The van der Waals surface area contributed by atoms with E-state index in [-0.39, 0.29) is 0 Å². The maximum Gasteiger partial charge on any atom is 0.213 e. The predicted molar refractivity (Wildman–Crippen MR) is 291 cm³/mol. The zero-order valence-electron chi connectivity index (χ0n) is 38.3. The van der Waals surface area contributed by atoms with Crippen molar-refractivity contribution in [2.45, 2.75) is 0 Å². The molecular formula is C64H36N6O2. The van der Waals surface area contributed by atoms with Crippen LogP contribution < -0.4 is 0 Å². The molecule has 0 atom stereocenters. The lowest BCUT2D eigenvalue weighted by atomic mass is 9.94. The minimum absolute atomic E-state index is 0.408. The Labute approximate surface area is 410 Å². The topological polar surface area (TPSA) is 79.2 Å². The lowest BCUT2D eigenvalue weighted by molar-refractivity contribution is 0.672. The Bertz CT molecular complexity index is 4690. The molecule has 0 spiro atoms. The molecule has 0 aliphatic rings. The molecule has 5 aromatic heterocycles. The fourth-order valence-corrected chi connectivity index (χ4v) is 11.1. The SMILES string of the molecule is [C-]#[N+]c1cc(-c2nc(-c3ccccc3)nc(-c3ccccc3)n2)c(-c2ccccc2)c(-n2c3ccccc3c3c4oc5ccccc5c4ccc32)c1-n1c2ccccc2c2c3oc4ccccc4c3ccc21. The summed E-state index contributed by atoms with van der Waals surface area (Å²) >= 11 is 0. The van der Waals surface area contributed by atoms with E-state index in [0.29, 0.717) is 34.4 Å². The summed E-state index contributed by atoms with van der Waals surface area (Å²) < 4.78 is 18.3. The molecular weight excluding hydrogens is 885 g/mol. The van der Waals surface area contributed by atoms with E-state index < -0.39 is 0 Å². The highest BCUT2D eigenvalue weighted by molar-refractivity contribution is 6.26. The van der Waals surface area contributed by atoms with Gasteiger partial charge >= 0.3 is 0 Å². The van der Waals surface area contributed by atoms with Gasteiger partial charge in [0.1, 0.15) is 22.3 Å². The highest BCUT2D eigenvalue weighted by Crippen LogP contribution is 2.51. The minimum Gasteiger partial charge on any atom is -0.455 e. The standard InChI is InChI=1S/C64H36N6O2/c1-65-48-37-47(64-67-62(39-21-7-3-8-22-39)66-63(68-64)40-23-9-4-10-24-40)55(38-19-5-2-6-20-38)59(70-50-30-16-12-28-46(50)57-52(70)36-34-44-42-26-14-18-32-54(42)72-61(44)57)58(48)69-49-29-15-11-27-45(49)56-51(69)35-33-43-41-25-13-17-31-53(41)71-60(43)56/h2-37H. The van der Waals surface area contributed by atoms with Crippen molar-refractivity contribution in [2.24, 2.45) is 0 Å². The third kappa shape index (κ3) is 5.76. The first-order valence-corrected chi connectivity index (χ1v) is 23.9.